The van der Waals surface area contributed by atoms with Crippen LogP contribution in [-0.2, 0) is 16.6 Å². The standard InChI is InChI=1S/C12H18N4O3/c1-16-6-8(5-14-16)11(12(18)19)15-10(17)4-9(13)7-2-3-7/h5-7,9,11H,2-4,13H2,1H3,(H,15,17)(H,18,19). The molecule has 1 fully saturated rings. The van der Waals surface area contributed by atoms with E-state index in [1.165, 1.54) is 10.9 Å². The van der Waals surface area contributed by atoms with Crippen LogP contribution in [0.5, 0.6) is 0 Å². The number of carboxylic acid groups (broad SMARTS) is 1. The third kappa shape index (κ3) is 3.54. The van der Waals surface area contributed by atoms with Gasteiger partial charge in [-0.1, -0.05) is 0 Å². The Kier molecular flexibility index (Phi) is 3.84. The highest BCUT2D eigenvalue weighted by Gasteiger charge is 2.31. The number of aryl methyl sites for hydroxylation is 1. The lowest BCUT2D eigenvalue weighted by molar-refractivity contribution is -0.142. The zero-order valence-electron chi connectivity index (χ0n) is 10.7. The van der Waals surface area contributed by atoms with Gasteiger partial charge in [0.05, 0.1) is 6.20 Å². The van der Waals surface area contributed by atoms with Crippen molar-refractivity contribution in [3.63, 3.8) is 0 Å². The maximum Gasteiger partial charge on any atom is 0.331 e. The zero-order valence-corrected chi connectivity index (χ0v) is 10.7. The second-order valence-electron chi connectivity index (χ2n) is 4.99. The Morgan fingerprint density at radius 1 is 1.63 bits per heavy atom. The van der Waals surface area contributed by atoms with Crippen molar-refractivity contribution in [2.45, 2.75) is 31.3 Å². The Bertz CT molecular complexity index is 481. The van der Waals surface area contributed by atoms with Gasteiger partial charge in [-0.15, -0.1) is 0 Å². The number of aliphatic carboxylic acids is 1. The third-order valence-electron chi connectivity index (χ3n) is 3.26. The van der Waals surface area contributed by atoms with E-state index in [4.69, 9.17) is 10.8 Å². The van der Waals surface area contributed by atoms with Crippen molar-refractivity contribution in [2.24, 2.45) is 18.7 Å². The fourth-order valence-electron chi connectivity index (χ4n) is 2.00. The minimum Gasteiger partial charge on any atom is -0.479 e. The molecule has 2 rings (SSSR count). The molecule has 4 N–H and O–H groups in total. The number of nitrogens with one attached hydrogen (secondary N) is 1. The molecule has 7 nitrogen and oxygen atoms in total. The van der Waals surface area contributed by atoms with Crippen molar-refractivity contribution < 1.29 is 14.7 Å². The minimum absolute atomic E-state index is 0.161. The summed E-state index contributed by atoms with van der Waals surface area (Å²) < 4.78 is 1.49. The SMILES string of the molecule is Cn1cc(C(NC(=O)CC(N)C2CC2)C(=O)O)cn1. The summed E-state index contributed by atoms with van der Waals surface area (Å²) in [6, 6.07) is -1.25. The molecule has 0 spiro atoms. The molecule has 1 saturated carbocycles. The largest absolute Gasteiger partial charge is 0.479 e. The van der Waals surface area contributed by atoms with E-state index in [1.807, 2.05) is 0 Å². The van der Waals surface area contributed by atoms with Crippen LogP contribution in [-0.4, -0.2) is 32.8 Å². The molecule has 1 aromatic rings. The molecule has 2 atom stereocenters. The summed E-state index contributed by atoms with van der Waals surface area (Å²) in [5, 5.41) is 15.5. The maximum absolute atomic E-state index is 11.8. The van der Waals surface area contributed by atoms with Crippen molar-refractivity contribution in [2.75, 3.05) is 0 Å². The van der Waals surface area contributed by atoms with Gasteiger partial charge >= 0.3 is 5.97 Å². The van der Waals surface area contributed by atoms with Gasteiger partial charge in [-0.05, 0) is 18.8 Å². The van der Waals surface area contributed by atoms with E-state index in [0.29, 0.717) is 11.5 Å². The highest BCUT2D eigenvalue weighted by atomic mass is 16.4. The van der Waals surface area contributed by atoms with E-state index < -0.39 is 12.0 Å². The summed E-state index contributed by atoms with van der Waals surface area (Å²) in [6.45, 7) is 0. The van der Waals surface area contributed by atoms with E-state index in [9.17, 15) is 9.59 Å². The first kappa shape index (κ1) is 13.5. The average molecular weight is 266 g/mol. The van der Waals surface area contributed by atoms with Gasteiger partial charge in [-0.2, -0.15) is 5.10 Å². The smallest absolute Gasteiger partial charge is 0.331 e. The number of nitrogens with two attached hydrogens (primary N) is 1. The molecule has 1 amide bonds. The molecule has 2 unspecified atom stereocenters. The van der Waals surface area contributed by atoms with Crippen LogP contribution in [0.3, 0.4) is 0 Å². The molecular formula is C12H18N4O3. The predicted molar refractivity (Wildman–Crippen MR) is 67.0 cm³/mol. The van der Waals surface area contributed by atoms with Gasteiger partial charge in [-0.25, -0.2) is 4.79 Å². The molecule has 19 heavy (non-hydrogen) atoms. The van der Waals surface area contributed by atoms with Crippen molar-refractivity contribution in [1.29, 1.82) is 0 Å². The molecule has 0 saturated heterocycles. The van der Waals surface area contributed by atoms with Gasteiger partial charge < -0.3 is 16.2 Å². The van der Waals surface area contributed by atoms with Gasteiger partial charge in [0, 0.05) is 31.3 Å². The van der Waals surface area contributed by atoms with Gasteiger partial charge in [0.1, 0.15) is 0 Å². The van der Waals surface area contributed by atoms with E-state index in [-0.39, 0.29) is 18.4 Å². The molecule has 0 aromatic carbocycles. The summed E-state index contributed by atoms with van der Waals surface area (Å²) in [6.07, 6.45) is 5.27. The van der Waals surface area contributed by atoms with Crippen molar-refractivity contribution in [3.05, 3.63) is 18.0 Å². The normalized spacial score (nSPS) is 17.8. The molecule has 1 aliphatic rings. The Labute approximate surface area is 110 Å². The number of aromatic nitrogens is 2. The molecule has 1 heterocycles. The van der Waals surface area contributed by atoms with Crippen LogP contribution in [0.15, 0.2) is 12.4 Å². The molecule has 0 aliphatic heterocycles. The fraction of sp³-hybridized carbons (Fsp3) is 0.583. The van der Waals surface area contributed by atoms with Crippen LogP contribution in [0, 0.1) is 5.92 Å². The van der Waals surface area contributed by atoms with E-state index in [1.54, 1.807) is 13.2 Å². The van der Waals surface area contributed by atoms with E-state index >= 15 is 0 Å². The molecule has 7 heteroatoms. The summed E-state index contributed by atoms with van der Waals surface area (Å²) in [7, 11) is 1.69. The third-order valence-corrected chi connectivity index (χ3v) is 3.26. The predicted octanol–water partition coefficient (Wildman–Crippen LogP) is -0.211. The number of amides is 1. The topological polar surface area (TPSA) is 110 Å². The Hall–Kier alpha value is -1.89. The van der Waals surface area contributed by atoms with Gasteiger partial charge in [0.25, 0.3) is 0 Å². The molecular weight excluding hydrogens is 248 g/mol. The highest BCUT2D eigenvalue weighted by molar-refractivity contribution is 5.84. The number of nitrogens with zero attached hydrogens (tertiary/aromatic N) is 2. The quantitative estimate of drug-likeness (QED) is 0.660. The van der Waals surface area contributed by atoms with Crippen molar-refractivity contribution >= 4 is 11.9 Å². The van der Waals surface area contributed by atoms with Crippen LogP contribution in [0.4, 0.5) is 0 Å². The fourth-order valence-corrected chi connectivity index (χ4v) is 2.00. The summed E-state index contributed by atoms with van der Waals surface area (Å²) in [5.74, 6) is -1.04. The van der Waals surface area contributed by atoms with E-state index in [2.05, 4.69) is 10.4 Å². The molecule has 1 aliphatic carbocycles. The lowest BCUT2D eigenvalue weighted by atomic mass is 10.1. The molecule has 104 valence electrons. The zero-order chi connectivity index (χ0) is 14.0. The Morgan fingerprint density at radius 2 is 2.32 bits per heavy atom. The number of carbonyl (C=O) groups is 2. The first-order chi connectivity index (χ1) is 8.97. The number of hydrogen-bond donors (Lipinski definition) is 3. The van der Waals surface area contributed by atoms with Crippen molar-refractivity contribution in [1.82, 2.24) is 15.1 Å². The van der Waals surface area contributed by atoms with E-state index in [0.717, 1.165) is 12.8 Å². The minimum atomic E-state index is -1.11. The second kappa shape index (κ2) is 5.40. The van der Waals surface area contributed by atoms with Gasteiger partial charge in [-0.3, -0.25) is 9.48 Å². The average Bonchev–Trinajstić information content (AvgIpc) is 3.09. The van der Waals surface area contributed by atoms with Crippen LogP contribution in [0.2, 0.25) is 0 Å². The Morgan fingerprint density at radius 3 is 2.79 bits per heavy atom. The number of hydrogen-bond acceptors (Lipinski definition) is 4. The number of rotatable bonds is 6. The highest BCUT2D eigenvalue weighted by Crippen LogP contribution is 2.32. The van der Waals surface area contributed by atoms with Crippen molar-refractivity contribution in [3.8, 4) is 0 Å². The summed E-state index contributed by atoms with van der Waals surface area (Å²) >= 11 is 0. The summed E-state index contributed by atoms with van der Waals surface area (Å²) in [4.78, 5) is 23.0. The number of carbonyl (C=O) groups excluding carboxylic acids is 1. The second-order valence-corrected chi connectivity index (χ2v) is 4.99. The first-order valence-electron chi connectivity index (χ1n) is 6.23. The van der Waals surface area contributed by atoms with Gasteiger partial charge in [0.2, 0.25) is 5.91 Å². The van der Waals surface area contributed by atoms with Crippen LogP contribution < -0.4 is 11.1 Å². The van der Waals surface area contributed by atoms with Gasteiger partial charge in [0.15, 0.2) is 6.04 Å². The number of carboxylic acids is 1. The molecule has 0 bridgehead atoms. The lowest BCUT2D eigenvalue weighted by Crippen LogP contribution is -2.37. The monoisotopic (exact) mass is 266 g/mol. The first-order valence-corrected chi connectivity index (χ1v) is 6.23. The Balaban J connectivity index is 1.96. The maximum atomic E-state index is 11.8. The molecule has 1 aromatic heterocycles. The van der Waals surface area contributed by atoms with Crippen LogP contribution in [0.1, 0.15) is 30.9 Å². The van der Waals surface area contributed by atoms with Crippen LogP contribution in [0.25, 0.3) is 0 Å². The summed E-state index contributed by atoms with van der Waals surface area (Å²) in [5.41, 5.74) is 6.30. The molecule has 0 radical (unpaired) electrons. The lowest BCUT2D eigenvalue weighted by Gasteiger charge is -2.15. The van der Waals surface area contributed by atoms with Crippen LogP contribution >= 0.6 is 0 Å².